The summed E-state index contributed by atoms with van der Waals surface area (Å²) in [5.74, 6) is -1.94. The van der Waals surface area contributed by atoms with E-state index in [4.69, 9.17) is 27.6 Å². The van der Waals surface area contributed by atoms with Gasteiger partial charge in [0.25, 0.3) is 15.9 Å². The predicted octanol–water partition coefficient (Wildman–Crippen LogP) is 6.60. The first-order chi connectivity index (χ1) is 17.4. The fourth-order valence-electron chi connectivity index (χ4n) is 3.08. The topological polar surface area (TPSA) is 111 Å². The van der Waals surface area contributed by atoms with Gasteiger partial charge >= 0.3 is 6.36 Å². The lowest BCUT2D eigenvalue weighted by Crippen LogP contribution is -2.21. The molecule has 0 radical (unpaired) electrons. The summed E-state index contributed by atoms with van der Waals surface area (Å²) in [4.78, 5) is 15.7. The molecule has 1 aromatic heterocycles. The van der Waals surface area contributed by atoms with Crippen molar-refractivity contribution in [2.75, 3.05) is 10.0 Å². The van der Waals surface area contributed by atoms with E-state index >= 15 is 0 Å². The van der Waals surface area contributed by atoms with Crippen molar-refractivity contribution < 1.29 is 35.5 Å². The fourth-order valence-corrected chi connectivity index (χ4v) is 4.93. The first-order valence-corrected chi connectivity index (χ1v) is 12.4. The van der Waals surface area contributed by atoms with Crippen molar-refractivity contribution in [3.63, 3.8) is 0 Å². The van der Waals surface area contributed by atoms with Crippen LogP contribution in [0.4, 0.5) is 24.5 Å². The highest BCUT2D eigenvalue weighted by molar-refractivity contribution is 7.92. The second kappa shape index (κ2) is 10.3. The Labute approximate surface area is 218 Å². The normalized spacial score (nSPS) is 11.7. The number of nitrogens with zero attached hydrogens (tertiary/aromatic N) is 1. The highest BCUT2D eigenvalue weighted by Crippen LogP contribution is 2.36. The van der Waals surface area contributed by atoms with Gasteiger partial charge in [-0.1, -0.05) is 47.5 Å². The SMILES string of the molecule is O=C(Nc1ccc(OC(F)(F)F)c(S(=O)(=O)Nc2c(Cl)cccc2Cl)c1)c1cnc(-c2ccccc2)o1. The largest absolute Gasteiger partial charge is 0.573 e. The molecule has 0 aliphatic rings. The van der Waals surface area contributed by atoms with Gasteiger partial charge in [-0.3, -0.25) is 9.52 Å². The molecule has 14 heteroatoms. The third kappa shape index (κ3) is 6.34. The number of aromatic nitrogens is 1. The number of carbonyl (C=O) groups is 1. The maximum Gasteiger partial charge on any atom is 0.573 e. The van der Waals surface area contributed by atoms with Gasteiger partial charge in [0.05, 0.1) is 21.9 Å². The van der Waals surface area contributed by atoms with Crippen LogP contribution < -0.4 is 14.8 Å². The summed E-state index contributed by atoms with van der Waals surface area (Å²) in [5.41, 5.74) is 0.170. The number of hydrogen-bond acceptors (Lipinski definition) is 6. The third-order valence-electron chi connectivity index (χ3n) is 4.67. The summed E-state index contributed by atoms with van der Waals surface area (Å²) >= 11 is 12.0. The van der Waals surface area contributed by atoms with Crippen LogP contribution in [0.15, 0.2) is 82.2 Å². The number of anilines is 2. The second-order valence-corrected chi connectivity index (χ2v) is 9.73. The molecule has 8 nitrogen and oxygen atoms in total. The van der Waals surface area contributed by atoms with Gasteiger partial charge in [0.1, 0.15) is 10.6 Å². The molecule has 4 rings (SSSR count). The zero-order valence-electron chi connectivity index (χ0n) is 18.2. The molecular formula is C23H14Cl2F3N3O5S. The van der Waals surface area contributed by atoms with Crippen LogP contribution in [0.2, 0.25) is 10.0 Å². The Bertz CT molecular complexity index is 1540. The van der Waals surface area contributed by atoms with Crippen LogP contribution in [0.3, 0.4) is 0 Å². The van der Waals surface area contributed by atoms with E-state index in [9.17, 15) is 26.4 Å². The first kappa shape index (κ1) is 26.3. The lowest BCUT2D eigenvalue weighted by Gasteiger charge is -2.17. The number of alkyl halides is 3. The Kier molecular flexibility index (Phi) is 7.35. The lowest BCUT2D eigenvalue weighted by atomic mass is 10.2. The summed E-state index contributed by atoms with van der Waals surface area (Å²) < 4.78 is 76.4. The zero-order valence-corrected chi connectivity index (χ0v) is 20.5. The van der Waals surface area contributed by atoms with Crippen molar-refractivity contribution in [1.82, 2.24) is 4.98 Å². The molecule has 2 N–H and O–H groups in total. The number of carbonyl (C=O) groups excluding carboxylic acids is 1. The van der Waals surface area contributed by atoms with Gasteiger partial charge in [-0.25, -0.2) is 13.4 Å². The third-order valence-corrected chi connectivity index (χ3v) is 6.67. The van der Waals surface area contributed by atoms with Crippen LogP contribution in [0.25, 0.3) is 11.5 Å². The monoisotopic (exact) mass is 571 g/mol. The Morgan fingerprint density at radius 1 is 0.973 bits per heavy atom. The van der Waals surface area contributed by atoms with Crippen molar-refractivity contribution in [1.29, 1.82) is 0 Å². The van der Waals surface area contributed by atoms with Gasteiger partial charge in [-0.05, 0) is 42.5 Å². The minimum atomic E-state index is -5.20. The smallest absolute Gasteiger partial charge is 0.431 e. The first-order valence-electron chi connectivity index (χ1n) is 10.1. The number of hydrogen-bond donors (Lipinski definition) is 2. The number of sulfonamides is 1. The molecule has 1 amide bonds. The highest BCUT2D eigenvalue weighted by atomic mass is 35.5. The van der Waals surface area contributed by atoms with Gasteiger partial charge < -0.3 is 14.5 Å². The number of benzene rings is 3. The molecule has 37 heavy (non-hydrogen) atoms. The number of para-hydroxylation sites is 1. The van der Waals surface area contributed by atoms with Gasteiger partial charge in [0.15, 0.2) is 0 Å². The lowest BCUT2D eigenvalue weighted by molar-refractivity contribution is -0.275. The number of rotatable bonds is 7. The average molecular weight is 572 g/mol. The molecule has 0 atom stereocenters. The van der Waals surface area contributed by atoms with E-state index in [1.54, 1.807) is 30.3 Å². The molecule has 192 valence electrons. The minimum Gasteiger partial charge on any atom is -0.431 e. The van der Waals surface area contributed by atoms with E-state index in [-0.39, 0.29) is 33.1 Å². The van der Waals surface area contributed by atoms with Crippen LogP contribution in [0.1, 0.15) is 10.6 Å². The van der Waals surface area contributed by atoms with Crippen LogP contribution in [0, 0.1) is 0 Å². The van der Waals surface area contributed by atoms with E-state index in [2.05, 4.69) is 19.8 Å². The molecule has 3 aromatic carbocycles. The molecule has 4 aromatic rings. The Hall–Kier alpha value is -3.74. The van der Waals surface area contributed by atoms with Crippen LogP contribution in [-0.4, -0.2) is 25.7 Å². The van der Waals surface area contributed by atoms with E-state index in [1.165, 1.54) is 18.2 Å². The second-order valence-electron chi connectivity index (χ2n) is 7.26. The number of nitrogens with one attached hydrogen (secondary N) is 2. The molecule has 0 aliphatic heterocycles. The van der Waals surface area contributed by atoms with Crippen LogP contribution in [-0.2, 0) is 10.0 Å². The van der Waals surface area contributed by atoms with Crippen molar-refractivity contribution >= 4 is 50.5 Å². The van der Waals surface area contributed by atoms with Crippen LogP contribution in [0.5, 0.6) is 5.75 Å². The summed E-state index contributed by atoms with van der Waals surface area (Å²) in [6.45, 7) is 0. The summed E-state index contributed by atoms with van der Waals surface area (Å²) in [5, 5.41) is 2.16. The van der Waals surface area contributed by atoms with Crippen LogP contribution >= 0.6 is 23.2 Å². The van der Waals surface area contributed by atoms with Gasteiger partial charge in [0.2, 0.25) is 11.7 Å². The van der Waals surface area contributed by atoms with E-state index in [1.807, 2.05) is 0 Å². The molecule has 0 bridgehead atoms. The summed E-state index contributed by atoms with van der Waals surface area (Å²) in [6, 6.07) is 15.3. The standard InChI is InChI=1S/C23H14Cl2F3N3O5S/c24-15-7-4-8-16(25)20(15)31-37(33,34)19-11-14(9-10-17(19)36-23(26,27)28)30-21(32)18-12-29-22(35-18)13-5-2-1-3-6-13/h1-12,31H,(H,30,32). The zero-order chi connectivity index (χ0) is 26.8. The maximum absolute atomic E-state index is 13.1. The van der Waals surface area contributed by atoms with Crippen molar-refractivity contribution in [2.24, 2.45) is 0 Å². The van der Waals surface area contributed by atoms with Gasteiger partial charge in [0, 0.05) is 11.3 Å². The molecule has 0 saturated carbocycles. The molecule has 0 aliphatic carbocycles. The van der Waals surface area contributed by atoms with Gasteiger partial charge in [-0.15, -0.1) is 13.2 Å². The molecule has 1 heterocycles. The Balaban J connectivity index is 1.66. The Morgan fingerprint density at radius 3 is 2.30 bits per heavy atom. The van der Waals surface area contributed by atoms with E-state index in [0.717, 1.165) is 24.4 Å². The maximum atomic E-state index is 13.1. The van der Waals surface area contributed by atoms with E-state index < -0.39 is 32.9 Å². The fraction of sp³-hybridized carbons (Fsp3) is 0.0435. The molecule has 0 fully saturated rings. The molecular weight excluding hydrogens is 558 g/mol. The number of halogens is 5. The van der Waals surface area contributed by atoms with Crippen molar-refractivity contribution in [2.45, 2.75) is 11.3 Å². The average Bonchev–Trinajstić information content (AvgIpc) is 3.33. The Morgan fingerprint density at radius 2 is 1.65 bits per heavy atom. The molecule has 0 unspecified atom stereocenters. The summed E-state index contributed by atoms with van der Waals surface area (Å²) in [7, 11) is -4.75. The number of ether oxygens (including phenoxy) is 1. The summed E-state index contributed by atoms with van der Waals surface area (Å²) in [6.07, 6.45) is -4.05. The van der Waals surface area contributed by atoms with Crippen molar-refractivity contribution in [3.8, 4) is 17.2 Å². The quantitative estimate of drug-likeness (QED) is 0.258. The minimum absolute atomic E-state index is 0.0987. The molecule has 0 saturated heterocycles. The predicted molar refractivity (Wildman–Crippen MR) is 130 cm³/mol. The highest BCUT2D eigenvalue weighted by Gasteiger charge is 2.34. The van der Waals surface area contributed by atoms with E-state index in [0.29, 0.717) is 5.56 Å². The van der Waals surface area contributed by atoms with Crippen molar-refractivity contribution in [3.05, 3.63) is 88.7 Å². The van der Waals surface area contributed by atoms with Gasteiger partial charge in [-0.2, -0.15) is 0 Å². The molecule has 0 spiro atoms. The number of oxazole rings is 1. The number of amides is 1.